The first-order valence-electron chi connectivity index (χ1n) is 8.24. The van der Waals surface area contributed by atoms with Crippen molar-refractivity contribution in [1.29, 1.82) is 0 Å². The number of imidazole rings is 1. The van der Waals surface area contributed by atoms with E-state index in [9.17, 15) is 0 Å². The molecular formula is C18H25ClN2. The number of hydrogen-bond acceptors (Lipinski definition) is 1. The second-order valence-corrected chi connectivity index (χ2v) is 6.80. The third kappa shape index (κ3) is 2.83. The van der Waals surface area contributed by atoms with E-state index < -0.39 is 0 Å². The van der Waals surface area contributed by atoms with Gasteiger partial charge in [-0.15, -0.1) is 11.6 Å². The van der Waals surface area contributed by atoms with Gasteiger partial charge in [0.05, 0.1) is 11.0 Å². The minimum absolute atomic E-state index is 0.523. The van der Waals surface area contributed by atoms with Crippen LogP contribution in [0.25, 0.3) is 11.0 Å². The molecule has 1 unspecified atom stereocenters. The summed E-state index contributed by atoms with van der Waals surface area (Å²) in [7, 11) is 0. The summed E-state index contributed by atoms with van der Waals surface area (Å²) in [6, 6.07) is 7.03. The molecule has 1 aliphatic carbocycles. The predicted octanol–water partition coefficient (Wildman–Crippen LogP) is 5.27. The van der Waals surface area contributed by atoms with E-state index >= 15 is 0 Å². The summed E-state index contributed by atoms with van der Waals surface area (Å²) >= 11 is 6.01. The van der Waals surface area contributed by atoms with E-state index in [2.05, 4.69) is 36.6 Å². The van der Waals surface area contributed by atoms with Gasteiger partial charge >= 0.3 is 0 Å². The molecule has 0 radical (unpaired) electrons. The molecule has 21 heavy (non-hydrogen) atoms. The van der Waals surface area contributed by atoms with Crippen LogP contribution in [0.5, 0.6) is 0 Å². The van der Waals surface area contributed by atoms with Crippen molar-refractivity contribution in [2.24, 2.45) is 5.92 Å². The molecular weight excluding hydrogens is 280 g/mol. The number of para-hydroxylation sites is 1. The van der Waals surface area contributed by atoms with Crippen molar-refractivity contribution < 1.29 is 0 Å². The Hall–Kier alpha value is -1.02. The van der Waals surface area contributed by atoms with Crippen molar-refractivity contribution in [3.63, 3.8) is 0 Å². The molecule has 3 rings (SSSR count). The van der Waals surface area contributed by atoms with Crippen LogP contribution in [0, 0.1) is 12.8 Å². The minimum atomic E-state index is 0.523. The number of rotatable bonds is 4. The second kappa shape index (κ2) is 6.39. The van der Waals surface area contributed by atoms with E-state index in [1.165, 1.54) is 43.2 Å². The quantitative estimate of drug-likeness (QED) is 0.704. The molecule has 1 aromatic carbocycles. The third-order valence-electron chi connectivity index (χ3n) is 5.05. The van der Waals surface area contributed by atoms with E-state index in [0.29, 0.717) is 11.9 Å². The normalized spacial score (nSPS) is 18.2. The molecule has 2 nitrogen and oxygen atoms in total. The van der Waals surface area contributed by atoms with E-state index in [0.717, 1.165) is 23.7 Å². The van der Waals surface area contributed by atoms with Crippen LogP contribution in [0.4, 0.5) is 0 Å². The number of aromatic nitrogens is 2. The van der Waals surface area contributed by atoms with Crippen LogP contribution >= 0.6 is 11.6 Å². The van der Waals surface area contributed by atoms with Crippen molar-refractivity contribution in [3.8, 4) is 0 Å². The van der Waals surface area contributed by atoms with Gasteiger partial charge in [0.1, 0.15) is 5.82 Å². The van der Waals surface area contributed by atoms with E-state index in [4.69, 9.17) is 16.6 Å². The Morgan fingerprint density at radius 3 is 2.76 bits per heavy atom. The number of halogens is 1. The molecule has 0 bridgehead atoms. The third-order valence-corrected chi connectivity index (χ3v) is 5.24. The molecule has 0 spiro atoms. The summed E-state index contributed by atoms with van der Waals surface area (Å²) in [5.74, 6) is 2.58. The van der Waals surface area contributed by atoms with Gasteiger partial charge in [-0.05, 0) is 44.2 Å². The fraction of sp³-hybridized carbons (Fsp3) is 0.611. The van der Waals surface area contributed by atoms with Crippen molar-refractivity contribution in [1.82, 2.24) is 9.55 Å². The Morgan fingerprint density at radius 1 is 1.29 bits per heavy atom. The first-order chi connectivity index (χ1) is 10.2. The van der Waals surface area contributed by atoms with Gasteiger partial charge in [0.2, 0.25) is 0 Å². The zero-order chi connectivity index (χ0) is 14.8. The van der Waals surface area contributed by atoms with E-state index in [1.54, 1.807) is 0 Å². The standard InChI is InChI=1S/C18H25ClN2/c1-13-7-6-10-16-18(13)20-17(11-12-19)21(16)14(2)15-8-4-3-5-9-15/h6-7,10,14-15H,3-5,8-9,11-12H2,1-2H3. The molecule has 1 fully saturated rings. The first-order valence-corrected chi connectivity index (χ1v) is 8.78. The van der Waals surface area contributed by atoms with Gasteiger partial charge in [-0.1, -0.05) is 31.4 Å². The highest BCUT2D eigenvalue weighted by atomic mass is 35.5. The summed E-state index contributed by atoms with van der Waals surface area (Å²) in [4.78, 5) is 4.90. The monoisotopic (exact) mass is 304 g/mol. The zero-order valence-corrected chi connectivity index (χ0v) is 13.9. The van der Waals surface area contributed by atoms with E-state index in [1.807, 2.05) is 0 Å². The molecule has 1 saturated carbocycles. The highest BCUT2D eigenvalue weighted by Gasteiger charge is 2.25. The average Bonchev–Trinajstić information content (AvgIpc) is 2.87. The zero-order valence-electron chi connectivity index (χ0n) is 13.1. The lowest BCUT2D eigenvalue weighted by atomic mass is 9.84. The Bertz CT molecular complexity index is 611. The minimum Gasteiger partial charge on any atom is -0.325 e. The first kappa shape index (κ1) is 14.9. The maximum atomic E-state index is 6.01. The Morgan fingerprint density at radius 2 is 2.05 bits per heavy atom. The summed E-state index contributed by atoms with van der Waals surface area (Å²) in [6.45, 7) is 4.52. The summed E-state index contributed by atoms with van der Waals surface area (Å²) in [5, 5.41) is 0. The van der Waals surface area contributed by atoms with E-state index in [-0.39, 0.29) is 0 Å². The van der Waals surface area contributed by atoms with Gasteiger partial charge in [0.25, 0.3) is 0 Å². The molecule has 1 aromatic heterocycles. The number of aryl methyl sites for hydroxylation is 2. The smallest absolute Gasteiger partial charge is 0.111 e. The van der Waals surface area contributed by atoms with Crippen molar-refractivity contribution >= 4 is 22.6 Å². The number of fused-ring (bicyclic) bond motifs is 1. The lowest BCUT2D eigenvalue weighted by Crippen LogP contribution is -2.21. The lowest BCUT2D eigenvalue weighted by Gasteiger charge is -2.30. The molecule has 114 valence electrons. The van der Waals surface area contributed by atoms with Crippen LogP contribution in [0.3, 0.4) is 0 Å². The highest BCUT2D eigenvalue weighted by Crippen LogP contribution is 2.35. The largest absolute Gasteiger partial charge is 0.325 e. The molecule has 0 N–H and O–H groups in total. The molecule has 0 saturated heterocycles. The maximum absolute atomic E-state index is 6.01. The molecule has 1 heterocycles. The van der Waals surface area contributed by atoms with Gasteiger partial charge in [-0.2, -0.15) is 0 Å². The SMILES string of the molecule is Cc1cccc2c1nc(CCCl)n2C(C)C1CCCCC1. The molecule has 1 atom stereocenters. The average molecular weight is 305 g/mol. The summed E-state index contributed by atoms with van der Waals surface area (Å²) in [6.07, 6.45) is 7.73. The number of benzene rings is 1. The van der Waals surface area contributed by atoms with Crippen LogP contribution in [0.1, 0.15) is 56.5 Å². The summed E-state index contributed by atoms with van der Waals surface area (Å²) in [5.41, 5.74) is 3.70. The van der Waals surface area contributed by atoms with Gasteiger partial charge in [-0.25, -0.2) is 4.98 Å². The Labute approximate surface area is 132 Å². The molecule has 3 heteroatoms. The number of nitrogens with zero attached hydrogens (tertiary/aromatic N) is 2. The molecule has 0 aliphatic heterocycles. The maximum Gasteiger partial charge on any atom is 0.111 e. The number of alkyl halides is 1. The van der Waals surface area contributed by atoms with Crippen LogP contribution < -0.4 is 0 Å². The van der Waals surface area contributed by atoms with Crippen LogP contribution in [0.2, 0.25) is 0 Å². The predicted molar refractivity (Wildman–Crippen MR) is 90.2 cm³/mol. The van der Waals surface area contributed by atoms with Gasteiger partial charge in [-0.3, -0.25) is 0 Å². The highest BCUT2D eigenvalue weighted by molar-refractivity contribution is 6.17. The van der Waals surface area contributed by atoms with Crippen molar-refractivity contribution in [3.05, 3.63) is 29.6 Å². The molecule has 0 amide bonds. The summed E-state index contributed by atoms with van der Waals surface area (Å²) < 4.78 is 2.47. The second-order valence-electron chi connectivity index (χ2n) is 6.42. The fourth-order valence-electron chi connectivity index (χ4n) is 3.85. The van der Waals surface area contributed by atoms with Gasteiger partial charge in [0, 0.05) is 18.3 Å². The van der Waals surface area contributed by atoms with Crippen LogP contribution in [-0.4, -0.2) is 15.4 Å². The number of hydrogen-bond donors (Lipinski definition) is 0. The molecule has 1 aliphatic rings. The van der Waals surface area contributed by atoms with Crippen molar-refractivity contribution in [2.45, 2.75) is 58.4 Å². The Balaban J connectivity index is 2.05. The topological polar surface area (TPSA) is 17.8 Å². The van der Waals surface area contributed by atoms with Crippen LogP contribution in [-0.2, 0) is 6.42 Å². The Kier molecular flexibility index (Phi) is 4.54. The van der Waals surface area contributed by atoms with Gasteiger partial charge in [0.15, 0.2) is 0 Å². The van der Waals surface area contributed by atoms with Crippen molar-refractivity contribution in [2.75, 3.05) is 5.88 Å². The molecule has 2 aromatic rings. The fourth-order valence-corrected chi connectivity index (χ4v) is 4.02. The van der Waals surface area contributed by atoms with Gasteiger partial charge < -0.3 is 4.57 Å². The lowest BCUT2D eigenvalue weighted by molar-refractivity contribution is 0.264. The van der Waals surface area contributed by atoms with Crippen LogP contribution in [0.15, 0.2) is 18.2 Å².